The first-order valence-corrected chi connectivity index (χ1v) is 10.6. The molecule has 4 aromatic rings. The minimum atomic E-state index is -0.350. The molecule has 0 radical (unpaired) electrons. The molecule has 0 unspecified atom stereocenters. The Kier molecular flexibility index (Phi) is 5.79. The van der Waals surface area contributed by atoms with E-state index in [4.69, 9.17) is 4.74 Å². The van der Waals surface area contributed by atoms with Crippen molar-refractivity contribution < 1.29 is 9.13 Å². The summed E-state index contributed by atoms with van der Waals surface area (Å²) in [5.74, 6) is 0.415. The molecule has 4 heteroatoms. The number of halogens is 1. The van der Waals surface area contributed by atoms with Gasteiger partial charge >= 0.3 is 0 Å². The summed E-state index contributed by atoms with van der Waals surface area (Å²) in [4.78, 5) is 9.06. The Morgan fingerprint density at radius 3 is 2.22 bits per heavy atom. The van der Waals surface area contributed by atoms with Crippen molar-refractivity contribution >= 4 is 0 Å². The Balaban J connectivity index is 2.02. The lowest BCUT2D eigenvalue weighted by molar-refractivity contribution is 0.415. The normalized spacial score (nSPS) is 11.4. The highest BCUT2D eigenvalue weighted by Gasteiger charge is 2.20. The zero-order valence-electron chi connectivity index (χ0n) is 19.1. The maximum atomic E-state index is 13.6. The number of pyridine rings is 2. The van der Waals surface area contributed by atoms with Gasteiger partial charge in [0.2, 0.25) is 0 Å². The van der Waals surface area contributed by atoms with Crippen molar-refractivity contribution in [2.75, 3.05) is 7.11 Å². The smallest absolute Gasteiger partial charge is 0.141 e. The van der Waals surface area contributed by atoms with Crippen LogP contribution in [0.4, 0.5) is 4.39 Å². The van der Waals surface area contributed by atoms with Crippen LogP contribution in [0.25, 0.3) is 33.6 Å². The van der Waals surface area contributed by atoms with E-state index >= 15 is 0 Å². The van der Waals surface area contributed by atoms with E-state index in [1.54, 1.807) is 19.4 Å². The summed E-state index contributed by atoms with van der Waals surface area (Å²) in [5, 5.41) is 0. The zero-order chi connectivity index (χ0) is 22.9. The molecular weight excluding hydrogens is 399 g/mol. The van der Waals surface area contributed by atoms with Crippen molar-refractivity contribution in [2.24, 2.45) is 0 Å². The van der Waals surface area contributed by atoms with Crippen LogP contribution in [0.2, 0.25) is 0 Å². The second kappa shape index (κ2) is 8.54. The average molecular weight is 427 g/mol. The molecule has 162 valence electrons. The lowest BCUT2D eigenvalue weighted by Gasteiger charge is -2.22. The molecule has 0 atom stereocenters. The summed E-state index contributed by atoms with van der Waals surface area (Å²) in [6, 6.07) is 19.6. The van der Waals surface area contributed by atoms with Crippen LogP contribution in [0, 0.1) is 12.7 Å². The fourth-order valence-electron chi connectivity index (χ4n) is 3.84. The van der Waals surface area contributed by atoms with Crippen LogP contribution in [0.5, 0.6) is 5.75 Å². The zero-order valence-corrected chi connectivity index (χ0v) is 19.1. The van der Waals surface area contributed by atoms with E-state index in [1.165, 1.54) is 17.8 Å². The van der Waals surface area contributed by atoms with Gasteiger partial charge in [-0.1, -0.05) is 39.0 Å². The third kappa shape index (κ3) is 4.26. The molecule has 0 aliphatic heterocycles. The monoisotopic (exact) mass is 426 g/mol. The Morgan fingerprint density at radius 1 is 0.812 bits per heavy atom. The number of hydrogen-bond acceptors (Lipinski definition) is 3. The van der Waals surface area contributed by atoms with Crippen LogP contribution in [0.3, 0.4) is 0 Å². The third-order valence-corrected chi connectivity index (χ3v) is 5.67. The minimum absolute atomic E-state index is 0.0341. The van der Waals surface area contributed by atoms with Gasteiger partial charge in [-0.2, -0.15) is 0 Å². The van der Waals surface area contributed by atoms with Gasteiger partial charge in [0.15, 0.2) is 0 Å². The fraction of sp³-hybridized carbons (Fsp3) is 0.214. The van der Waals surface area contributed by atoms with E-state index in [9.17, 15) is 4.39 Å². The van der Waals surface area contributed by atoms with Gasteiger partial charge < -0.3 is 4.74 Å². The van der Waals surface area contributed by atoms with E-state index in [0.717, 1.165) is 45.0 Å². The Morgan fingerprint density at radius 2 is 1.56 bits per heavy atom. The Hall–Kier alpha value is -3.53. The van der Waals surface area contributed by atoms with Gasteiger partial charge in [-0.3, -0.25) is 9.97 Å². The summed E-state index contributed by atoms with van der Waals surface area (Å²) >= 11 is 0. The molecule has 2 aromatic carbocycles. The highest BCUT2D eigenvalue weighted by molar-refractivity contribution is 5.91. The molecule has 2 aromatic heterocycles. The lowest BCUT2D eigenvalue weighted by atomic mass is 9.83. The molecule has 0 saturated carbocycles. The summed E-state index contributed by atoms with van der Waals surface area (Å²) in [7, 11) is 1.66. The quantitative estimate of drug-likeness (QED) is 0.345. The van der Waals surface area contributed by atoms with Crippen LogP contribution < -0.4 is 4.74 Å². The fourth-order valence-corrected chi connectivity index (χ4v) is 3.84. The minimum Gasteiger partial charge on any atom is -0.497 e. The van der Waals surface area contributed by atoms with Crippen LogP contribution in [0.1, 0.15) is 31.9 Å². The number of benzene rings is 2. The number of rotatable bonds is 4. The van der Waals surface area contributed by atoms with Crippen LogP contribution in [0.15, 0.2) is 73.1 Å². The van der Waals surface area contributed by atoms with Crippen molar-refractivity contribution in [3.8, 4) is 39.4 Å². The standard InChI is InChI=1S/C28H27FN2O/c1-18-7-6-14-30-27(18)25-16-21(32-5)10-12-23(25)22-11-8-19(28(2,3)4)15-24(22)26-13-9-20(29)17-31-26/h6-17H,1-5H3. The van der Waals surface area contributed by atoms with Gasteiger partial charge in [0.25, 0.3) is 0 Å². The van der Waals surface area contributed by atoms with Crippen molar-refractivity contribution in [3.05, 3.63) is 90.0 Å². The second-order valence-electron chi connectivity index (χ2n) is 8.95. The van der Waals surface area contributed by atoms with E-state index in [1.807, 2.05) is 18.2 Å². The van der Waals surface area contributed by atoms with Crippen LogP contribution in [-0.2, 0) is 5.41 Å². The first-order valence-electron chi connectivity index (χ1n) is 10.6. The van der Waals surface area contributed by atoms with Gasteiger partial charge in [-0.15, -0.1) is 0 Å². The van der Waals surface area contributed by atoms with Crippen molar-refractivity contribution in [1.82, 2.24) is 9.97 Å². The number of aromatic nitrogens is 2. The van der Waals surface area contributed by atoms with Gasteiger partial charge in [-0.25, -0.2) is 4.39 Å². The molecular formula is C28H27FN2O. The number of aryl methyl sites for hydroxylation is 1. The maximum absolute atomic E-state index is 13.6. The summed E-state index contributed by atoms with van der Waals surface area (Å²) in [6.07, 6.45) is 3.07. The Bertz CT molecular complexity index is 1260. The van der Waals surface area contributed by atoms with Crippen molar-refractivity contribution in [1.29, 1.82) is 0 Å². The first-order chi connectivity index (χ1) is 15.3. The maximum Gasteiger partial charge on any atom is 0.141 e. The van der Waals surface area contributed by atoms with Gasteiger partial charge in [-0.05, 0) is 77.1 Å². The molecule has 0 aliphatic rings. The number of ether oxygens (including phenoxy) is 1. The number of nitrogens with zero attached hydrogens (tertiary/aromatic N) is 2. The number of methoxy groups -OCH3 is 1. The highest BCUT2D eigenvalue weighted by atomic mass is 19.1. The molecule has 2 heterocycles. The predicted octanol–water partition coefficient (Wildman–Crippen LogP) is 7.23. The van der Waals surface area contributed by atoms with Gasteiger partial charge in [0, 0.05) is 17.3 Å². The largest absolute Gasteiger partial charge is 0.497 e. The predicted molar refractivity (Wildman–Crippen MR) is 128 cm³/mol. The topological polar surface area (TPSA) is 35.0 Å². The van der Waals surface area contributed by atoms with E-state index < -0.39 is 0 Å². The first kappa shape index (κ1) is 21.7. The summed E-state index contributed by atoms with van der Waals surface area (Å²) in [6.45, 7) is 8.59. The molecule has 4 rings (SSSR count). The van der Waals surface area contributed by atoms with E-state index in [0.29, 0.717) is 0 Å². The molecule has 0 fully saturated rings. The van der Waals surface area contributed by atoms with E-state index in [-0.39, 0.29) is 11.2 Å². The molecule has 0 saturated heterocycles. The average Bonchev–Trinajstić information content (AvgIpc) is 2.78. The van der Waals surface area contributed by atoms with Gasteiger partial charge in [0.05, 0.1) is 24.7 Å². The molecule has 32 heavy (non-hydrogen) atoms. The Labute approximate surface area is 189 Å². The highest BCUT2D eigenvalue weighted by Crippen LogP contribution is 2.41. The van der Waals surface area contributed by atoms with Crippen LogP contribution in [-0.4, -0.2) is 17.1 Å². The number of hydrogen-bond donors (Lipinski definition) is 0. The van der Waals surface area contributed by atoms with Crippen molar-refractivity contribution in [2.45, 2.75) is 33.1 Å². The molecule has 0 bridgehead atoms. The second-order valence-corrected chi connectivity index (χ2v) is 8.95. The lowest BCUT2D eigenvalue weighted by Crippen LogP contribution is -2.11. The van der Waals surface area contributed by atoms with E-state index in [2.05, 4.69) is 68.0 Å². The van der Waals surface area contributed by atoms with Crippen molar-refractivity contribution in [3.63, 3.8) is 0 Å². The summed E-state index contributed by atoms with van der Waals surface area (Å²) < 4.78 is 19.1. The molecule has 0 N–H and O–H groups in total. The summed E-state index contributed by atoms with van der Waals surface area (Å²) in [5.41, 5.74) is 7.83. The van der Waals surface area contributed by atoms with Crippen LogP contribution >= 0.6 is 0 Å². The molecule has 0 spiro atoms. The SMILES string of the molecule is COc1ccc(-c2ccc(C(C)(C)C)cc2-c2ccc(F)cn2)c(-c2ncccc2C)c1. The molecule has 3 nitrogen and oxygen atoms in total. The molecule has 0 amide bonds. The van der Waals surface area contributed by atoms with Gasteiger partial charge in [0.1, 0.15) is 11.6 Å². The third-order valence-electron chi connectivity index (χ3n) is 5.67. The molecule has 0 aliphatic carbocycles.